The van der Waals surface area contributed by atoms with Crippen molar-refractivity contribution in [1.82, 2.24) is 0 Å². The number of hydrogen-bond acceptors (Lipinski definition) is 4. The van der Waals surface area contributed by atoms with Crippen LogP contribution >= 0.6 is 11.6 Å². The fraction of sp³-hybridized carbons (Fsp3) is 0.385. The Morgan fingerprint density at radius 2 is 2.11 bits per heavy atom. The largest absolute Gasteiger partial charge is 0.486 e. The molecule has 1 aliphatic heterocycles. The van der Waals surface area contributed by atoms with Gasteiger partial charge in [-0.15, -0.1) is 0 Å². The minimum absolute atomic E-state index is 0.239. The van der Waals surface area contributed by atoms with Crippen LogP contribution in [0.5, 0.6) is 11.5 Å². The van der Waals surface area contributed by atoms with E-state index in [1.54, 1.807) is 13.0 Å². The van der Waals surface area contributed by atoms with E-state index in [4.69, 9.17) is 26.2 Å². The lowest BCUT2D eigenvalue weighted by atomic mass is 9.98. The molecule has 6 heteroatoms. The molecule has 0 radical (unpaired) electrons. The molecule has 1 unspecified atom stereocenters. The summed E-state index contributed by atoms with van der Waals surface area (Å²) in [4.78, 5) is 21.9. The van der Waals surface area contributed by atoms with E-state index in [0.717, 1.165) is 0 Å². The van der Waals surface area contributed by atoms with Crippen molar-refractivity contribution in [2.45, 2.75) is 13.3 Å². The number of carbonyl (C=O) groups is 2. The van der Waals surface area contributed by atoms with Crippen LogP contribution in [0.3, 0.4) is 0 Å². The van der Waals surface area contributed by atoms with Crippen LogP contribution in [0.2, 0.25) is 5.02 Å². The van der Waals surface area contributed by atoms with Crippen LogP contribution in [-0.4, -0.2) is 30.6 Å². The Bertz CT molecular complexity index is 526. The first kappa shape index (κ1) is 13.7. The Kier molecular flexibility index (Phi) is 3.95. The second kappa shape index (κ2) is 5.48. The molecule has 2 rings (SSSR count). The van der Waals surface area contributed by atoms with E-state index in [0.29, 0.717) is 36.6 Å². The summed E-state index contributed by atoms with van der Waals surface area (Å²) in [5, 5.41) is 9.20. The van der Waals surface area contributed by atoms with Crippen molar-refractivity contribution < 1.29 is 24.2 Å². The molecule has 1 atom stereocenters. The summed E-state index contributed by atoms with van der Waals surface area (Å²) in [5.41, 5.74) is 0.878. The molecule has 0 bridgehead atoms. The number of fused-ring (bicyclic) bond motifs is 1. The van der Waals surface area contributed by atoms with Crippen molar-refractivity contribution in [1.29, 1.82) is 0 Å². The van der Waals surface area contributed by atoms with Crippen molar-refractivity contribution in [3.05, 3.63) is 22.2 Å². The van der Waals surface area contributed by atoms with Crippen LogP contribution in [-0.2, 0) is 11.2 Å². The van der Waals surface area contributed by atoms with Crippen molar-refractivity contribution in [2.75, 3.05) is 13.2 Å². The van der Waals surface area contributed by atoms with Crippen LogP contribution in [0.25, 0.3) is 0 Å². The van der Waals surface area contributed by atoms with Gasteiger partial charge < -0.3 is 14.6 Å². The van der Waals surface area contributed by atoms with Crippen LogP contribution in [0.15, 0.2) is 6.07 Å². The van der Waals surface area contributed by atoms with E-state index in [-0.39, 0.29) is 17.0 Å². The number of aliphatic carboxylic acids is 1. The van der Waals surface area contributed by atoms with E-state index in [1.165, 1.54) is 0 Å². The highest BCUT2D eigenvalue weighted by Crippen LogP contribution is 2.41. The second-order valence-corrected chi connectivity index (χ2v) is 4.75. The van der Waals surface area contributed by atoms with Gasteiger partial charge in [-0.05, 0) is 12.5 Å². The molecular weight excluding hydrogens is 272 g/mol. The summed E-state index contributed by atoms with van der Waals surface area (Å²) >= 11 is 6.02. The van der Waals surface area contributed by atoms with E-state index >= 15 is 0 Å². The standard InChI is InChI=1S/C13H13ClO5/c1-7(13(16)17)4-8-5-10(14)9(6-15)12-11(8)18-2-3-19-12/h5-7H,2-4H2,1H3,(H,16,17). The zero-order chi connectivity index (χ0) is 14.0. The first-order valence-corrected chi connectivity index (χ1v) is 6.21. The average Bonchev–Trinajstić information content (AvgIpc) is 2.39. The van der Waals surface area contributed by atoms with Gasteiger partial charge in [0, 0.05) is 5.56 Å². The fourth-order valence-corrected chi connectivity index (χ4v) is 2.20. The summed E-state index contributed by atoms with van der Waals surface area (Å²) in [7, 11) is 0. The first-order chi connectivity index (χ1) is 9.04. The monoisotopic (exact) mass is 284 g/mol. The SMILES string of the molecule is CC(Cc1cc(Cl)c(C=O)c2c1OCCO2)C(=O)O. The van der Waals surface area contributed by atoms with Crippen LogP contribution in [0.4, 0.5) is 0 Å². The number of carbonyl (C=O) groups excluding carboxylic acids is 1. The van der Waals surface area contributed by atoms with Crippen molar-refractivity contribution >= 4 is 23.9 Å². The zero-order valence-electron chi connectivity index (χ0n) is 10.3. The molecule has 0 aromatic heterocycles. The van der Waals surface area contributed by atoms with Crippen LogP contribution < -0.4 is 9.47 Å². The van der Waals surface area contributed by atoms with Gasteiger partial charge in [0.25, 0.3) is 0 Å². The summed E-state index contributed by atoms with van der Waals surface area (Å²) in [6.07, 6.45) is 0.875. The predicted octanol–water partition coefficient (Wildman–Crippen LogP) is 2.19. The number of carboxylic acids is 1. The Morgan fingerprint density at radius 1 is 1.47 bits per heavy atom. The molecule has 1 aromatic rings. The number of rotatable bonds is 4. The second-order valence-electron chi connectivity index (χ2n) is 4.35. The number of halogens is 1. The molecule has 0 aliphatic carbocycles. The first-order valence-electron chi connectivity index (χ1n) is 5.83. The molecular formula is C13H13ClO5. The topological polar surface area (TPSA) is 72.8 Å². The highest BCUT2D eigenvalue weighted by molar-refractivity contribution is 6.33. The van der Waals surface area contributed by atoms with Crippen LogP contribution in [0.1, 0.15) is 22.8 Å². The van der Waals surface area contributed by atoms with Gasteiger partial charge in [0.15, 0.2) is 17.8 Å². The lowest BCUT2D eigenvalue weighted by Crippen LogP contribution is -2.20. The maximum absolute atomic E-state index is 11.0. The smallest absolute Gasteiger partial charge is 0.306 e. The fourth-order valence-electron chi connectivity index (χ4n) is 1.94. The van der Waals surface area contributed by atoms with Gasteiger partial charge in [0.2, 0.25) is 0 Å². The Morgan fingerprint density at radius 3 is 2.68 bits per heavy atom. The number of ether oxygens (including phenoxy) is 2. The Labute approximate surface area is 115 Å². The van der Waals surface area contributed by atoms with E-state index in [1.807, 2.05) is 0 Å². The number of hydrogen-bond donors (Lipinski definition) is 1. The zero-order valence-corrected chi connectivity index (χ0v) is 11.1. The summed E-state index contributed by atoms with van der Waals surface area (Å²) in [5.74, 6) is -0.749. The molecule has 5 nitrogen and oxygen atoms in total. The minimum atomic E-state index is -0.902. The number of aldehydes is 1. The molecule has 0 fully saturated rings. The van der Waals surface area contributed by atoms with Gasteiger partial charge in [-0.25, -0.2) is 0 Å². The molecule has 1 aromatic carbocycles. The Hall–Kier alpha value is -1.75. The van der Waals surface area contributed by atoms with Gasteiger partial charge in [0.1, 0.15) is 13.2 Å². The maximum atomic E-state index is 11.0. The van der Waals surface area contributed by atoms with Gasteiger partial charge in [-0.2, -0.15) is 0 Å². The molecule has 19 heavy (non-hydrogen) atoms. The molecule has 1 N–H and O–H groups in total. The highest BCUT2D eigenvalue weighted by atomic mass is 35.5. The van der Waals surface area contributed by atoms with E-state index in [2.05, 4.69) is 0 Å². The van der Waals surface area contributed by atoms with E-state index < -0.39 is 11.9 Å². The van der Waals surface area contributed by atoms with Crippen LogP contribution in [0, 0.1) is 5.92 Å². The number of benzene rings is 1. The minimum Gasteiger partial charge on any atom is -0.486 e. The van der Waals surface area contributed by atoms with Gasteiger partial charge in [-0.1, -0.05) is 18.5 Å². The molecule has 0 saturated heterocycles. The molecule has 1 aliphatic rings. The van der Waals surface area contributed by atoms with Gasteiger partial charge in [0.05, 0.1) is 16.5 Å². The molecule has 0 amide bonds. The molecule has 0 spiro atoms. The van der Waals surface area contributed by atoms with Gasteiger partial charge in [-0.3, -0.25) is 9.59 Å². The third-order valence-electron chi connectivity index (χ3n) is 2.94. The lowest BCUT2D eigenvalue weighted by Gasteiger charge is -2.23. The predicted molar refractivity (Wildman–Crippen MR) is 68.3 cm³/mol. The lowest BCUT2D eigenvalue weighted by molar-refractivity contribution is -0.141. The van der Waals surface area contributed by atoms with E-state index in [9.17, 15) is 9.59 Å². The Balaban J connectivity index is 2.47. The normalized spacial score (nSPS) is 14.8. The molecule has 1 heterocycles. The van der Waals surface area contributed by atoms with Crippen molar-refractivity contribution in [2.24, 2.45) is 5.92 Å². The molecule has 0 saturated carbocycles. The molecule has 102 valence electrons. The summed E-state index contributed by atoms with van der Waals surface area (Å²) < 4.78 is 10.9. The number of carboxylic acid groups (broad SMARTS) is 1. The summed E-state index contributed by atoms with van der Waals surface area (Å²) in [6.45, 7) is 2.30. The quantitative estimate of drug-likeness (QED) is 0.858. The van der Waals surface area contributed by atoms with Gasteiger partial charge >= 0.3 is 5.97 Å². The van der Waals surface area contributed by atoms with Crippen molar-refractivity contribution in [3.63, 3.8) is 0 Å². The summed E-state index contributed by atoms with van der Waals surface area (Å²) in [6, 6.07) is 1.57. The average molecular weight is 285 g/mol. The highest BCUT2D eigenvalue weighted by Gasteiger charge is 2.25. The van der Waals surface area contributed by atoms with Crippen molar-refractivity contribution in [3.8, 4) is 11.5 Å². The third kappa shape index (κ3) is 2.66. The maximum Gasteiger partial charge on any atom is 0.306 e. The third-order valence-corrected chi connectivity index (χ3v) is 3.26.